The molecule has 7 heteroatoms. The molecule has 1 N–H and O–H groups in total. The van der Waals surface area contributed by atoms with Crippen LogP contribution in [0.25, 0.3) is 0 Å². The van der Waals surface area contributed by atoms with Crippen molar-refractivity contribution in [2.24, 2.45) is 0 Å². The van der Waals surface area contributed by atoms with Crippen molar-refractivity contribution >= 4 is 23.6 Å². The molecule has 1 aromatic heterocycles. The molecule has 1 aliphatic rings. The molecular weight excluding hydrogens is 374 g/mol. The second kappa shape index (κ2) is 9.80. The van der Waals surface area contributed by atoms with Gasteiger partial charge in [0, 0.05) is 24.5 Å². The Labute approximate surface area is 170 Å². The zero-order chi connectivity index (χ0) is 19.9. The van der Waals surface area contributed by atoms with Crippen LogP contribution in [0.1, 0.15) is 35.0 Å². The third-order valence-corrected chi connectivity index (χ3v) is 5.95. The largest absolute Gasteiger partial charge is 0.468 e. The van der Waals surface area contributed by atoms with Gasteiger partial charge in [-0.25, -0.2) is 0 Å². The Hall–Kier alpha value is -2.25. The normalized spacial score (nSPS) is 15.0. The quantitative estimate of drug-likeness (QED) is 0.689. The molecule has 2 aromatic rings. The van der Waals surface area contributed by atoms with Gasteiger partial charge in [-0.2, -0.15) is 0 Å². The van der Waals surface area contributed by atoms with E-state index < -0.39 is 0 Å². The SMILES string of the molecule is CN(C)C(CNC(=O)c1ccccc1SCC(=O)N1CCCC1)c1ccco1. The third kappa shape index (κ3) is 5.17. The van der Waals surface area contributed by atoms with E-state index in [1.54, 1.807) is 12.3 Å². The summed E-state index contributed by atoms with van der Waals surface area (Å²) in [5, 5.41) is 3.00. The molecule has 1 saturated heterocycles. The molecule has 0 aliphatic carbocycles. The highest BCUT2D eigenvalue weighted by atomic mass is 32.2. The number of carbonyl (C=O) groups is 2. The van der Waals surface area contributed by atoms with Gasteiger partial charge in [-0.3, -0.25) is 14.5 Å². The lowest BCUT2D eigenvalue weighted by atomic mass is 10.1. The zero-order valence-corrected chi connectivity index (χ0v) is 17.2. The lowest BCUT2D eigenvalue weighted by Crippen LogP contribution is -2.34. The van der Waals surface area contributed by atoms with Crippen LogP contribution in [0.2, 0.25) is 0 Å². The first-order valence-electron chi connectivity index (χ1n) is 9.54. The lowest BCUT2D eigenvalue weighted by molar-refractivity contribution is -0.127. The van der Waals surface area contributed by atoms with Gasteiger partial charge in [0.05, 0.1) is 23.6 Å². The maximum atomic E-state index is 12.8. The van der Waals surface area contributed by atoms with Gasteiger partial charge in [-0.05, 0) is 51.2 Å². The molecule has 28 heavy (non-hydrogen) atoms. The number of nitrogens with zero attached hydrogens (tertiary/aromatic N) is 2. The Kier molecular flexibility index (Phi) is 7.17. The molecule has 1 unspecified atom stereocenters. The van der Waals surface area contributed by atoms with Crippen molar-refractivity contribution in [1.29, 1.82) is 0 Å². The molecule has 1 aliphatic heterocycles. The fraction of sp³-hybridized carbons (Fsp3) is 0.429. The molecule has 2 amide bonds. The summed E-state index contributed by atoms with van der Waals surface area (Å²) in [6.45, 7) is 2.13. The topological polar surface area (TPSA) is 65.8 Å². The second-order valence-electron chi connectivity index (χ2n) is 7.08. The maximum absolute atomic E-state index is 12.8. The first kappa shape index (κ1) is 20.5. The van der Waals surface area contributed by atoms with Crippen molar-refractivity contribution in [2.75, 3.05) is 39.5 Å². The van der Waals surface area contributed by atoms with Crippen molar-refractivity contribution in [1.82, 2.24) is 15.1 Å². The number of likely N-dealkylation sites (tertiary alicyclic amines) is 1. The average Bonchev–Trinajstić information content (AvgIpc) is 3.40. The molecule has 6 nitrogen and oxygen atoms in total. The van der Waals surface area contributed by atoms with Gasteiger partial charge in [-0.15, -0.1) is 11.8 Å². The van der Waals surface area contributed by atoms with Gasteiger partial charge in [-0.1, -0.05) is 12.1 Å². The van der Waals surface area contributed by atoms with E-state index in [4.69, 9.17) is 4.42 Å². The standard InChI is InChI=1S/C21H27N3O3S/c1-23(2)17(18-9-7-13-27-18)14-22-21(26)16-8-3-4-10-19(16)28-15-20(25)24-11-5-6-12-24/h3-4,7-10,13,17H,5-6,11-12,14-15H2,1-2H3,(H,22,26). The number of hydrogen-bond acceptors (Lipinski definition) is 5. The molecule has 0 bridgehead atoms. The van der Waals surface area contributed by atoms with E-state index in [9.17, 15) is 9.59 Å². The van der Waals surface area contributed by atoms with Crippen LogP contribution < -0.4 is 5.32 Å². The number of rotatable bonds is 8. The zero-order valence-electron chi connectivity index (χ0n) is 16.4. The first-order valence-corrected chi connectivity index (χ1v) is 10.5. The van der Waals surface area contributed by atoms with E-state index in [0.717, 1.165) is 36.6 Å². The predicted molar refractivity (Wildman–Crippen MR) is 110 cm³/mol. The van der Waals surface area contributed by atoms with Gasteiger partial charge in [0.2, 0.25) is 5.91 Å². The number of thioether (sulfide) groups is 1. The third-order valence-electron chi connectivity index (χ3n) is 4.89. The fourth-order valence-electron chi connectivity index (χ4n) is 3.28. The van der Waals surface area contributed by atoms with E-state index in [1.165, 1.54) is 11.8 Å². The van der Waals surface area contributed by atoms with Gasteiger partial charge >= 0.3 is 0 Å². The van der Waals surface area contributed by atoms with Crippen LogP contribution in [0, 0.1) is 0 Å². The molecule has 150 valence electrons. The summed E-state index contributed by atoms with van der Waals surface area (Å²) in [5.41, 5.74) is 0.596. The summed E-state index contributed by atoms with van der Waals surface area (Å²) in [5.74, 6) is 1.17. The van der Waals surface area contributed by atoms with Crippen molar-refractivity contribution in [2.45, 2.75) is 23.8 Å². The molecule has 1 aromatic carbocycles. The summed E-state index contributed by atoms with van der Waals surface area (Å²) in [7, 11) is 3.90. The van der Waals surface area contributed by atoms with E-state index in [-0.39, 0.29) is 17.9 Å². The average molecular weight is 402 g/mol. The minimum Gasteiger partial charge on any atom is -0.468 e. The van der Waals surface area contributed by atoms with Crippen molar-refractivity contribution in [3.05, 3.63) is 54.0 Å². The highest BCUT2D eigenvalue weighted by Gasteiger charge is 2.21. The number of carbonyl (C=O) groups excluding carboxylic acids is 2. The Balaban J connectivity index is 1.61. The molecule has 1 atom stereocenters. The molecule has 0 radical (unpaired) electrons. The van der Waals surface area contributed by atoms with Crippen molar-refractivity contribution in [3.63, 3.8) is 0 Å². The summed E-state index contributed by atoms with van der Waals surface area (Å²) < 4.78 is 5.49. The smallest absolute Gasteiger partial charge is 0.252 e. The molecule has 3 rings (SSSR count). The number of amides is 2. The number of likely N-dealkylation sites (N-methyl/N-ethyl adjacent to an activating group) is 1. The van der Waals surface area contributed by atoms with Crippen LogP contribution >= 0.6 is 11.8 Å². The van der Waals surface area contributed by atoms with E-state index in [1.807, 2.05) is 54.2 Å². The summed E-state index contributed by atoms with van der Waals surface area (Å²) in [6, 6.07) is 11.1. The van der Waals surface area contributed by atoms with Crippen LogP contribution in [-0.4, -0.2) is 61.1 Å². The Bertz CT molecular complexity index is 786. The van der Waals surface area contributed by atoms with Crippen LogP contribution in [0.4, 0.5) is 0 Å². The second-order valence-corrected chi connectivity index (χ2v) is 8.09. The molecule has 0 spiro atoms. The van der Waals surface area contributed by atoms with Crippen LogP contribution in [0.3, 0.4) is 0 Å². The Morgan fingerprint density at radius 1 is 1.18 bits per heavy atom. The number of hydrogen-bond donors (Lipinski definition) is 1. The highest BCUT2D eigenvalue weighted by molar-refractivity contribution is 8.00. The minimum absolute atomic E-state index is 0.0458. The number of nitrogens with one attached hydrogen (secondary N) is 1. The van der Waals surface area contributed by atoms with E-state index in [2.05, 4.69) is 5.32 Å². The van der Waals surface area contributed by atoms with Gasteiger partial charge in [0.1, 0.15) is 5.76 Å². The molecular formula is C21H27N3O3S. The summed E-state index contributed by atoms with van der Waals surface area (Å²) >= 11 is 1.43. The summed E-state index contributed by atoms with van der Waals surface area (Å²) in [4.78, 5) is 29.8. The van der Waals surface area contributed by atoms with Crippen LogP contribution in [0.15, 0.2) is 52.0 Å². The Morgan fingerprint density at radius 2 is 1.93 bits per heavy atom. The number of benzene rings is 1. The number of furan rings is 1. The first-order chi connectivity index (χ1) is 13.6. The lowest BCUT2D eigenvalue weighted by Gasteiger charge is -2.23. The van der Waals surface area contributed by atoms with Gasteiger partial charge in [0.15, 0.2) is 0 Å². The van der Waals surface area contributed by atoms with Crippen LogP contribution in [-0.2, 0) is 4.79 Å². The molecule has 2 heterocycles. The summed E-state index contributed by atoms with van der Waals surface area (Å²) in [6.07, 6.45) is 3.80. The minimum atomic E-state index is -0.143. The Morgan fingerprint density at radius 3 is 2.61 bits per heavy atom. The van der Waals surface area contributed by atoms with Gasteiger partial charge < -0.3 is 14.6 Å². The van der Waals surface area contributed by atoms with E-state index >= 15 is 0 Å². The fourth-order valence-corrected chi connectivity index (χ4v) is 4.23. The predicted octanol–water partition coefficient (Wildman–Crippen LogP) is 3.03. The maximum Gasteiger partial charge on any atom is 0.252 e. The molecule has 0 saturated carbocycles. The van der Waals surface area contributed by atoms with Crippen LogP contribution in [0.5, 0.6) is 0 Å². The molecule has 1 fully saturated rings. The highest BCUT2D eigenvalue weighted by Crippen LogP contribution is 2.24. The van der Waals surface area contributed by atoms with Gasteiger partial charge in [0.25, 0.3) is 5.91 Å². The van der Waals surface area contributed by atoms with Crippen molar-refractivity contribution in [3.8, 4) is 0 Å². The monoisotopic (exact) mass is 401 g/mol. The van der Waals surface area contributed by atoms with Crippen molar-refractivity contribution < 1.29 is 14.0 Å². The van der Waals surface area contributed by atoms with E-state index in [0.29, 0.717) is 17.9 Å².